The molecule has 0 amide bonds. The average molecular weight is 213 g/mol. The first-order valence-electron chi connectivity index (χ1n) is 4.29. The van der Waals surface area contributed by atoms with Gasteiger partial charge in [0.15, 0.2) is 0 Å². The summed E-state index contributed by atoms with van der Waals surface area (Å²) in [4.78, 5) is 9.88. The Kier molecular flexibility index (Phi) is 4.02. The lowest BCUT2D eigenvalue weighted by molar-refractivity contribution is -0.384. The van der Waals surface area contributed by atoms with Crippen molar-refractivity contribution in [1.82, 2.24) is 0 Å². The van der Waals surface area contributed by atoms with E-state index in [1.54, 1.807) is 0 Å². The van der Waals surface area contributed by atoms with E-state index in [0.29, 0.717) is 0 Å². The molecule has 2 N–H and O–H groups in total. The number of aliphatic hydroxyl groups excluding tert-OH is 2. The van der Waals surface area contributed by atoms with E-state index in [2.05, 4.69) is 0 Å². The first kappa shape index (κ1) is 11.4. The minimum atomic E-state index is -0.982. The first-order chi connectivity index (χ1) is 7.13. The molecule has 0 aliphatic heterocycles. The van der Waals surface area contributed by atoms with Gasteiger partial charge in [0.25, 0.3) is 5.69 Å². The second-order valence-electron chi connectivity index (χ2n) is 2.90. The van der Waals surface area contributed by atoms with Crippen molar-refractivity contribution < 1.29 is 19.9 Å². The van der Waals surface area contributed by atoms with Gasteiger partial charge in [-0.2, -0.15) is 0 Å². The number of ether oxygens (including phenoxy) is 1. The molecule has 0 aromatic heterocycles. The van der Waals surface area contributed by atoms with Crippen LogP contribution in [0, 0.1) is 10.1 Å². The molecule has 0 radical (unpaired) electrons. The van der Waals surface area contributed by atoms with Gasteiger partial charge >= 0.3 is 0 Å². The summed E-state index contributed by atoms with van der Waals surface area (Å²) in [7, 11) is 0. The Bertz CT molecular complexity index is 341. The van der Waals surface area contributed by atoms with Crippen molar-refractivity contribution in [2.45, 2.75) is 6.10 Å². The van der Waals surface area contributed by atoms with Crippen LogP contribution in [0.3, 0.4) is 0 Å². The zero-order valence-electron chi connectivity index (χ0n) is 7.87. The molecular formula is C9H11NO5. The summed E-state index contributed by atoms with van der Waals surface area (Å²) in [5, 5.41) is 27.9. The molecule has 0 spiro atoms. The van der Waals surface area contributed by atoms with Crippen LogP contribution in [0.5, 0.6) is 5.75 Å². The van der Waals surface area contributed by atoms with Crippen molar-refractivity contribution in [3.05, 3.63) is 34.4 Å². The van der Waals surface area contributed by atoms with Gasteiger partial charge in [0, 0.05) is 6.07 Å². The highest BCUT2D eigenvalue weighted by molar-refractivity contribution is 5.37. The quantitative estimate of drug-likeness (QED) is 0.543. The summed E-state index contributed by atoms with van der Waals surface area (Å²) in [6.45, 7) is -0.507. The van der Waals surface area contributed by atoms with Crippen LogP contribution in [0.4, 0.5) is 5.69 Å². The Hall–Kier alpha value is -1.66. The normalized spacial score (nSPS) is 12.1. The van der Waals surface area contributed by atoms with Gasteiger partial charge in [0.05, 0.1) is 17.6 Å². The molecule has 82 valence electrons. The van der Waals surface area contributed by atoms with Gasteiger partial charge in [0.1, 0.15) is 18.5 Å². The highest BCUT2D eigenvalue weighted by Crippen LogP contribution is 2.18. The number of nitro benzene ring substituents is 1. The van der Waals surface area contributed by atoms with E-state index in [9.17, 15) is 10.1 Å². The maximum atomic E-state index is 10.4. The zero-order valence-corrected chi connectivity index (χ0v) is 7.87. The summed E-state index contributed by atoms with van der Waals surface area (Å²) in [5.74, 6) is 0.289. The molecule has 1 rings (SSSR count). The molecule has 0 aliphatic rings. The maximum Gasteiger partial charge on any atom is 0.273 e. The molecule has 0 heterocycles. The number of hydrogen-bond donors (Lipinski definition) is 2. The number of rotatable bonds is 5. The largest absolute Gasteiger partial charge is 0.491 e. The van der Waals surface area contributed by atoms with Crippen LogP contribution in [0.25, 0.3) is 0 Å². The number of nitro groups is 1. The lowest BCUT2D eigenvalue weighted by atomic mass is 10.3. The second-order valence-corrected chi connectivity index (χ2v) is 2.90. The van der Waals surface area contributed by atoms with E-state index in [-0.39, 0.29) is 18.0 Å². The Morgan fingerprint density at radius 3 is 2.87 bits per heavy atom. The molecule has 0 fully saturated rings. The average Bonchev–Trinajstić information content (AvgIpc) is 2.26. The van der Waals surface area contributed by atoms with E-state index in [4.69, 9.17) is 14.9 Å². The SMILES string of the molecule is O=[N+]([O-])c1cccc(OCC(O)CO)c1. The van der Waals surface area contributed by atoms with E-state index < -0.39 is 17.6 Å². The monoisotopic (exact) mass is 213 g/mol. The minimum Gasteiger partial charge on any atom is -0.491 e. The number of non-ortho nitro benzene ring substituents is 1. The van der Waals surface area contributed by atoms with E-state index in [1.807, 2.05) is 0 Å². The summed E-state index contributed by atoms with van der Waals surface area (Å²) in [5.41, 5.74) is -0.0778. The lowest BCUT2D eigenvalue weighted by Crippen LogP contribution is -2.21. The van der Waals surface area contributed by atoms with Gasteiger partial charge in [-0.3, -0.25) is 10.1 Å². The van der Waals surface area contributed by atoms with Crippen molar-refractivity contribution in [3.63, 3.8) is 0 Å². The third-order valence-electron chi connectivity index (χ3n) is 1.68. The standard InChI is InChI=1S/C9H11NO5/c11-5-8(12)6-15-9-3-1-2-7(4-9)10(13)14/h1-4,8,11-12H,5-6H2. The molecule has 6 nitrogen and oxygen atoms in total. The molecule has 0 bridgehead atoms. The summed E-state index contributed by atoms with van der Waals surface area (Å²) < 4.78 is 5.04. The fourth-order valence-electron chi connectivity index (χ4n) is 0.932. The third-order valence-corrected chi connectivity index (χ3v) is 1.68. The Labute approximate surface area is 85.9 Å². The molecule has 0 saturated carbocycles. The molecule has 6 heteroatoms. The van der Waals surface area contributed by atoms with Crippen LogP contribution in [0.1, 0.15) is 0 Å². The molecule has 1 unspecified atom stereocenters. The Balaban J connectivity index is 2.62. The van der Waals surface area contributed by atoms with Crippen LogP contribution >= 0.6 is 0 Å². The maximum absolute atomic E-state index is 10.4. The molecular weight excluding hydrogens is 202 g/mol. The molecule has 0 aliphatic carbocycles. The van der Waals surface area contributed by atoms with Crippen molar-refractivity contribution >= 4 is 5.69 Å². The molecule has 1 aromatic carbocycles. The Morgan fingerprint density at radius 1 is 1.53 bits per heavy atom. The Morgan fingerprint density at radius 2 is 2.27 bits per heavy atom. The van der Waals surface area contributed by atoms with Crippen LogP contribution in [0.2, 0.25) is 0 Å². The van der Waals surface area contributed by atoms with Gasteiger partial charge < -0.3 is 14.9 Å². The van der Waals surface area contributed by atoms with Crippen molar-refractivity contribution in [3.8, 4) is 5.75 Å². The summed E-state index contributed by atoms with van der Waals surface area (Å²) >= 11 is 0. The fraction of sp³-hybridized carbons (Fsp3) is 0.333. The number of benzene rings is 1. The van der Waals surface area contributed by atoms with Crippen LogP contribution in [-0.2, 0) is 0 Å². The molecule has 15 heavy (non-hydrogen) atoms. The predicted molar refractivity (Wildman–Crippen MR) is 51.7 cm³/mol. The second kappa shape index (κ2) is 5.28. The molecule has 0 saturated heterocycles. The summed E-state index contributed by atoms with van der Waals surface area (Å²) in [6.07, 6.45) is -0.982. The van der Waals surface area contributed by atoms with Crippen molar-refractivity contribution in [2.75, 3.05) is 13.2 Å². The van der Waals surface area contributed by atoms with Crippen molar-refractivity contribution in [1.29, 1.82) is 0 Å². The van der Waals surface area contributed by atoms with Gasteiger partial charge in [-0.15, -0.1) is 0 Å². The number of nitrogens with zero attached hydrogens (tertiary/aromatic N) is 1. The smallest absolute Gasteiger partial charge is 0.273 e. The van der Waals surface area contributed by atoms with Crippen LogP contribution in [-0.4, -0.2) is 34.5 Å². The summed E-state index contributed by atoms with van der Waals surface area (Å²) in [6, 6.07) is 5.62. The fourth-order valence-corrected chi connectivity index (χ4v) is 0.932. The molecule has 1 aromatic rings. The number of hydrogen-bond acceptors (Lipinski definition) is 5. The zero-order chi connectivity index (χ0) is 11.3. The van der Waals surface area contributed by atoms with Crippen LogP contribution in [0.15, 0.2) is 24.3 Å². The minimum absolute atomic E-state index is 0.0778. The van der Waals surface area contributed by atoms with Gasteiger partial charge in [0.2, 0.25) is 0 Å². The first-order valence-corrected chi connectivity index (χ1v) is 4.29. The topological polar surface area (TPSA) is 92.8 Å². The van der Waals surface area contributed by atoms with Crippen LogP contribution < -0.4 is 4.74 Å². The third kappa shape index (κ3) is 3.53. The molecule has 1 atom stereocenters. The van der Waals surface area contributed by atoms with Gasteiger partial charge in [-0.25, -0.2) is 0 Å². The highest BCUT2D eigenvalue weighted by Gasteiger charge is 2.07. The van der Waals surface area contributed by atoms with Gasteiger partial charge in [-0.1, -0.05) is 6.07 Å². The predicted octanol–water partition coefficient (Wildman–Crippen LogP) is 0.327. The van der Waals surface area contributed by atoms with Crippen molar-refractivity contribution in [2.24, 2.45) is 0 Å². The van der Waals surface area contributed by atoms with E-state index in [1.165, 1.54) is 24.3 Å². The van der Waals surface area contributed by atoms with Gasteiger partial charge in [-0.05, 0) is 6.07 Å². The van der Waals surface area contributed by atoms with E-state index >= 15 is 0 Å². The number of aliphatic hydroxyl groups is 2. The highest BCUT2D eigenvalue weighted by atomic mass is 16.6. The lowest BCUT2D eigenvalue weighted by Gasteiger charge is -2.09. The van der Waals surface area contributed by atoms with E-state index in [0.717, 1.165) is 0 Å².